The number of hydrogen-bond acceptors (Lipinski definition) is 5. The summed E-state index contributed by atoms with van der Waals surface area (Å²) in [5.41, 5.74) is 2.60. The van der Waals surface area contributed by atoms with Crippen LogP contribution in [0.15, 0.2) is 76.7 Å². The smallest absolute Gasteiger partial charge is 0.276 e. The third-order valence-electron chi connectivity index (χ3n) is 4.21. The van der Waals surface area contributed by atoms with Crippen molar-refractivity contribution in [1.29, 1.82) is 0 Å². The van der Waals surface area contributed by atoms with E-state index in [-0.39, 0.29) is 4.90 Å². The zero-order valence-corrected chi connectivity index (χ0v) is 18.1. The van der Waals surface area contributed by atoms with E-state index in [0.717, 1.165) is 11.1 Å². The molecule has 0 aliphatic carbocycles. The minimum Gasteiger partial charge on any atom is -0.493 e. The summed E-state index contributed by atoms with van der Waals surface area (Å²) < 4.78 is 35.7. The fourth-order valence-electron chi connectivity index (χ4n) is 2.57. The first kappa shape index (κ1) is 21.7. The molecule has 30 heavy (non-hydrogen) atoms. The average molecular weight is 445 g/mol. The highest BCUT2D eigenvalue weighted by atomic mass is 35.5. The van der Waals surface area contributed by atoms with Crippen molar-refractivity contribution in [2.75, 3.05) is 7.11 Å². The van der Waals surface area contributed by atoms with Gasteiger partial charge in [0.15, 0.2) is 11.5 Å². The van der Waals surface area contributed by atoms with Crippen LogP contribution in [0.1, 0.15) is 16.7 Å². The maximum atomic E-state index is 12.3. The van der Waals surface area contributed by atoms with E-state index in [1.54, 1.807) is 42.5 Å². The van der Waals surface area contributed by atoms with Crippen molar-refractivity contribution in [3.63, 3.8) is 0 Å². The SMILES string of the molecule is COc1cc(/C=N/NS(=O)(=O)c2ccc(C)cc2)ccc1OCc1ccc(Cl)cc1. The molecule has 0 fully saturated rings. The third-order valence-corrected chi connectivity index (χ3v) is 5.70. The summed E-state index contributed by atoms with van der Waals surface area (Å²) >= 11 is 5.89. The number of hydrogen-bond donors (Lipinski definition) is 1. The lowest BCUT2D eigenvalue weighted by atomic mass is 10.2. The quantitative estimate of drug-likeness (QED) is 0.408. The fraction of sp³-hybridized carbons (Fsp3) is 0.136. The van der Waals surface area contributed by atoms with Crippen LogP contribution in [0.2, 0.25) is 5.02 Å². The predicted octanol–water partition coefficient (Wildman–Crippen LogP) is 4.55. The molecule has 0 radical (unpaired) electrons. The van der Waals surface area contributed by atoms with Crippen LogP contribution in [0.25, 0.3) is 0 Å². The number of benzene rings is 3. The molecule has 6 nitrogen and oxygen atoms in total. The number of ether oxygens (including phenoxy) is 2. The van der Waals surface area contributed by atoms with Gasteiger partial charge in [-0.2, -0.15) is 13.5 Å². The minimum atomic E-state index is -3.73. The molecule has 0 unspecified atom stereocenters. The normalized spacial score (nSPS) is 11.4. The Labute approximate surface area is 181 Å². The summed E-state index contributed by atoms with van der Waals surface area (Å²) in [5, 5.41) is 4.51. The Balaban J connectivity index is 1.66. The molecule has 1 N–H and O–H groups in total. The molecule has 0 amide bonds. The second kappa shape index (κ2) is 9.65. The van der Waals surface area contributed by atoms with Gasteiger partial charge >= 0.3 is 0 Å². The minimum absolute atomic E-state index is 0.147. The lowest BCUT2D eigenvalue weighted by Gasteiger charge is -2.11. The summed E-state index contributed by atoms with van der Waals surface area (Å²) in [4.78, 5) is 2.35. The number of hydrazone groups is 1. The van der Waals surface area contributed by atoms with Gasteiger partial charge in [0.25, 0.3) is 10.0 Å². The van der Waals surface area contributed by atoms with Crippen LogP contribution < -0.4 is 14.3 Å². The maximum Gasteiger partial charge on any atom is 0.276 e. The summed E-state index contributed by atoms with van der Waals surface area (Å²) in [6.45, 7) is 2.25. The first-order chi connectivity index (χ1) is 14.4. The van der Waals surface area contributed by atoms with Crippen molar-refractivity contribution in [1.82, 2.24) is 4.83 Å². The van der Waals surface area contributed by atoms with Crippen LogP contribution in [0, 0.1) is 6.92 Å². The second-order valence-corrected chi connectivity index (χ2v) is 8.59. The molecule has 0 atom stereocenters. The van der Waals surface area contributed by atoms with Gasteiger partial charge in [-0.25, -0.2) is 4.83 Å². The molecule has 0 heterocycles. The van der Waals surface area contributed by atoms with Gasteiger partial charge in [0, 0.05) is 5.02 Å². The van der Waals surface area contributed by atoms with E-state index in [1.165, 1.54) is 25.5 Å². The van der Waals surface area contributed by atoms with E-state index in [2.05, 4.69) is 9.93 Å². The summed E-state index contributed by atoms with van der Waals surface area (Å²) in [5.74, 6) is 1.07. The molecular formula is C22H21ClN2O4S. The number of halogens is 1. The van der Waals surface area contributed by atoms with E-state index in [0.29, 0.717) is 28.7 Å². The van der Waals surface area contributed by atoms with Crippen molar-refractivity contribution < 1.29 is 17.9 Å². The first-order valence-electron chi connectivity index (χ1n) is 9.04. The lowest BCUT2D eigenvalue weighted by Crippen LogP contribution is -2.18. The lowest BCUT2D eigenvalue weighted by molar-refractivity contribution is 0.284. The number of sulfonamides is 1. The molecule has 0 aliphatic heterocycles. The van der Waals surface area contributed by atoms with Crippen LogP contribution in [-0.2, 0) is 16.6 Å². The van der Waals surface area contributed by atoms with Gasteiger partial charge in [-0.15, -0.1) is 0 Å². The monoisotopic (exact) mass is 444 g/mol. The van der Waals surface area contributed by atoms with Crippen LogP contribution in [0.4, 0.5) is 0 Å². The summed E-state index contributed by atoms with van der Waals surface area (Å²) in [6.07, 6.45) is 1.40. The van der Waals surface area contributed by atoms with Gasteiger partial charge in [0.05, 0.1) is 18.2 Å². The number of rotatable bonds is 8. The van der Waals surface area contributed by atoms with Crippen molar-refractivity contribution in [3.05, 3.63) is 88.4 Å². The van der Waals surface area contributed by atoms with E-state index in [4.69, 9.17) is 21.1 Å². The Hall–Kier alpha value is -3.03. The summed E-state index contributed by atoms with van der Waals surface area (Å²) in [6, 6.07) is 19.1. The zero-order valence-electron chi connectivity index (χ0n) is 16.5. The van der Waals surface area contributed by atoms with Crippen LogP contribution in [0.3, 0.4) is 0 Å². The van der Waals surface area contributed by atoms with Gasteiger partial charge < -0.3 is 9.47 Å². The highest BCUT2D eigenvalue weighted by Gasteiger charge is 2.12. The predicted molar refractivity (Wildman–Crippen MR) is 118 cm³/mol. The molecule has 0 aromatic heterocycles. The Kier molecular flexibility index (Phi) is 6.97. The van der Waals surface area contributed by atoms with Gasteiger partial charge in [-0.1, -0.05) is 41.4 Å². The Morgan fingerprint density at radius 1 is 1.00 bits per heavy atom. The van der Waals surface area contributed by atoms with E-state index in [1.807, 2.05) is 19.1 Å². The van der Waals surface area contributed by atoms with Crippen molar-refractivity contribution >= 4 is 27.8 Å². The zero-order chi connectivity index (χ0) is 21.6. The molecule has 0 saturated heterocycles. The van der Waals surface area contributed by atoms with Crippen molar-refractivity contribution in [2.24, 2.45) is 5.10 Å². The second-order valence-electron chi connectivity index (χ2n) is 6.49. The summed E-state index contributed by atoms with van der Waals surface area (Å²) in [7, 11) is -2.19. The Morgan fingerprint density at radius 3 is 2.37 bits per heavy atom. The van der Waals surface area contributed by atoms with Crippen LogP contribution >= 0.6 is 11.6 Å². The first-order valence-corrected chi connectivity index (χ1v) is 10.9. The maximum absolute atomic E-state index is 12.3. The number of nitrogens with zero attached hydrogens (tertiary/aromatic N) is 1. The van der Waals surface area contributed by atoms with E-state index < -0.39 is 10.0 Å². The van der Waals surface area contributed by atoms with Crippen molar-refractivity contribution in [2.45, 2.75) is 18.4 Å². The van der Waals surface area contributed by atoms with Crippen molar-refractivity contribution in [3.8, 4) is 11.5 Å². The highest BCUT2D eigenvalue weighted by Crippen LogP contribution is 2.28. The molecule has 156 valence electrons. The van der Waals surface area contributed by atoms with Gasteiger partial charge in [-0.3, -0.25) is 0 Å². The third kappa shape index (κ3) is 5.75. The molecule has 3 aromatic rings. The highest BCUT2D eigenvalue weighted by molar-refractivity contribution is 7.89. The molecule has 8 heteroatoms. The van der Waals surface area contributed by atoms with E-state index >= 15 is 0 Å². The standard InChI is InChI=1S/C22H21ClN2O4S/c1-16-3-10-20(11-4-16)30(26,27)25-24-14-18-7-12-21(22(13-18)28-2)29-15-17-5-8-19(23)9-6-17/h3-14,25H,15H2,1-2H3/b24-14+. The Morgan fingerprint density at radius 2 is 1.70 bits per heavy atom. The molecule has 0 bridgehead atoms. The average Bonchev–Trinajstić information content (AvgIpc) is 2.74. The number of nitrogens with one attached hydrogen (secondary N) is 1. The molecule has 0 spiro atoms. The van der Waals surface area contributed by atoms with Crippen LogP contribution in [-0.4, -0.2) is 21.7 Å². The molecule has 0 saturated carbocycles. The Bertz CT molecular complexity index is 1130. The van der Waals surface area contributed by atoms with Gasteiger partial charge in [-0.05, 0) is 60.5 Å². The molecule has 3 aromatic carbocycles. The van der Waals surface area contributed by atoms with Crippen LogP contribution in [0.5, 0.6) is 11.5 Å². The number of methoxy groups -OCH3 is 1. The van der Waals surface area contributed by atoms with Gasteiger partial charge in [0.1, 0.15) is 6.61 Å². The topological polar surface area (TPSA) is 77.0 Å². The molecule has 0 aliphatic rings. The molecular weight excluding hydrogens is 424 g/mol. The largest absolute Gasteiger partial charge is 0.493 e. The van der Waals surface area contributed by atoms with Gasteiger partial charge in [0.2, 0.25) is 0 Å². The molecule has 3 rings (SSSR count). The number of aryl methyl sites for hydroxylation is 1. The van der Waals surface area contributed by atoms with E-state index in [9.17, 15) is 8.42 Å². The fourth-order valence-corrected chi connectivity index (χ4v) is 3.48.